The zero-order valence-electron chi connectivity index (χ0n) is 9.15. The number of halogens is 1. The van der Waals surface area contributed by atoms with Crippen LogP contribution in [0.25, 0.3) is 5.69 Å². The van der Waals surface area contributed by atoms with Crippen LogP contribution in [0.1, 0.15) is 19.2 Å². The van der Waals surface area contributed by atoms with Gasteiger partial charge in [0.05, 0.1) is 16.4 Å². The lowest BCUT2D eigenvalue weighted by molar-refractivity contribution is 0.810. The van der Waals surface area contributed by atoms with E-state index in [0.717, 1.165) is 24.4 Å². The Bertz CT molecular complexity index is 471. The number of nitrogens with zero attached hydrogens (tertiary/aromatic N) is 2. The van der Waals surface area contributed by atoms with E-state index in [1.807, 2.05) is 29.0 Å². The van der Waals surface area contributed by atoms with Crippen LogP contribution < -0.4 is 5.73 Å². The number of aromatic nitrogens is 2. The number of nitrogen functional groups attached to an aromatic ring is 1. The van der Waals surface area contributed by atoms with E-state index in [-0.39, 0.29) is 0 Å². The van der Waals surface area contributed by atoms with Crippen LogP contribution in [0.3, 0.4) is 0 Å². The van der Waals surface area contributed by atoms with E-state index in [0.29, 0.717) is 10.7 Å². The van der Waals surface area contributed by atoms with E-state index in [1.165, 1.54) is 0 Å². The number of anilines is 1. The highest BCUT2D eigenvalue weighted by molar-refractivity contribution is 6.32. The summed E-state index contributed by atoms with van der Waals surface area (Å²) in [5.74, 6) is 0.988. The molecule has 0 saturated heterocycles. The Kier molecular flexibility index (Phi) is 3.15. The van der Waals surface area contributed by atoms with E-state index in [1.54, 1.807) is 6.20 Å². The minimum Gasteiger partial charge on any atom is -0.397 e. The maximum Gasteiger partial charge on any atom is 0.113 e. The predicted molar refractivity (Wildman–Crippen MR) is 67.0 cm³/mol. The molecule has 0 bridgehead atoms. The van der Waals surface area contributed by atoms with Gasteiger partial charge in [0.1, 0.15) is 5.82 Å². The van der Waals surface area contributed by atoms with Gasteiger partial charge in [-0.1, -0.05) is 24.6 Å². The van der Waals surface area contributed by atoms with Gasteiger partial charge in [-0.05, 0) is 18.6 Å². The Hall–Kier alpha value is -1.48. The van der Waals surface area contributed by atoms with Crippen LogP contribution in [-0.4, -0.2) is 9.55 Å². The third-order valence-corrected chi connectivity index (χ3v) is 2.75. The third-order valence-electron chi connectivity index (χ3n) is 2.45. The van der Waals surface area contributed by atoms with E-state index >= 15 is 0 Å². The topological polar surface area (TPSA) is 43.8 Å². The quantitative estimate of drug-likeness (QED) is 0.831. The Morgan fingerprint density at radius 1 is 1.44 bits per heavy atom. The van der Waals surface area contributed by atoms with E-state index < -0.39 is 0 Å². The highest BCUT2D eigenvalue weighted by Gasteiger charge is 2.10. The lowest BCUT2D eigenvalue weighted by Crippen LogP contribution is -2.04. The number of hydrogen-bond donors (Lipinski definition) is 1. The molecule has 0 aliphatic carbocycles. The number of aryl methyl sites for hydroxylation is 1. The number of nitrogens with two attached hydrogens (primary N) is 1. The molecule has 1 aromatic heterocycles. The van der Waals surface area contributed by atoms with Crippen LogP contribution in [0, 0.1) is 0 Å². The van der Waals surface area contributed by atoms with Gasteiger partial charge in [0, 0.05) is 18.8 Å². The smallest absolute Gasteiger partial charge is 0.113 e. The van der Waals surface area contributed by atoms with Crippen molar-refractivity contribution in [3.05, 3.63) is 41.4 Å². The summed E-state index contributed by atoms with van der Waals surface area (Å²) in [7, 11) is 0. The summed E-state index contributed by atoms with van der Waals surface area (Å²) in [5.41, 5.74) is 7.44. The third kappa shape index (κ3) is 1.91. The molecular weight excluding hydrogens is 222 g/mol. The maximum atomic E-state index is 6.16. The average molecular weight is 236 g/mol. The van der Waals surface area contributed by atoms with Crippen molar-refractivity contribution in [3.63, 3.8) is 0 Å². The van der Waals surface area contributed by atoms with Crippen LogP contribution in [0.4, 0.5) is 5.69 Å². The highest BCUT2D eigenvalue weighted by atomic mass is 35.5. The molecule has 0 spiro atoms. The molecule has 2 N–H and O–H groups in total. The van der Waals surface area contributed by atoms with Gasteiger partial charge < -0.3 is 10.3 Å². The summed E-state index contributed by atoms with van der Waals surface area (Å²) in [6, 6.07) is 5.53. The van der Waals surface area contributed by atoms with Gasteiger partial charge >= 0.3 is 0 Å². The fourth-order valence-electron chi connectivity index (χ4n) is 1.73. The maximum absolute atomic E-state index is 6.16. The molecule has 0 aliphatic heterocycles. The summed E-state index contributed by atoms with van der Waals surface area (Å²) >= 11 is 6.16. The van der Waals surface area contributed by atoms with Crippen molar-refractivity contribution in [3.8, 4) is 5.69 Å². The largest absolute Gasteiger partial charge is 0.397 e. The van der Waals surface area contributed by atoms with Crippen LogP contribution in [0.15, 0.2) is 30.6 Å². The first-order valence-corrected chi connectivity index (χ1v) is 5.68. The van der Waals surface area contributed by atoms with Gasteiger partial charge in [-0.2, -0.15) is 0 Å². The van der Waals surface area contributed by atoms with Crippen molar-refractivity contribution in [1.82, 2.24) is 9.55 Å². The van der Waals surface area contributed by atoms with Crippen molar-refractivity contribution >= 4 is 17.3 Å². The molecule has 0 atom stereocenters. The standard InChI is InChI=1S/C12H14ClN3/c1-2-4-11-15-7-8-16(11)12-9(13)5-3-6-10(12)14/h3,5-8H,2,4,14H2,1H3. The number of hydrogen-bond acceptors (Lipinski definition) is 2. The molecule has 3 nitrogen and oxygen atoms in total. The van der Waals surface area contributed by atoms with Crippen molar-refractivity contribution in [2.24, 2.45) is 0 Å². The van der Waals surface area contributed by atoms with Crippen molar-refractivity contribution < 1.29 is 0 Å². The Morgan fingerprint density at radius 3 is 2.94 bits per heavy atom. The van der Waals surface area contributed by atoms with Crippen LogP contribution in [-0.2, 0) is 6.42 Å². The van der Waals surface area contributed by atoms with Crippen LogP contribution in [0.5, 0.6) is 0 Å². The molecule has 1 heterocycles. The summed E-state index contributed by atoms with van der Waals surface area (Å²) in [5, 5.41) is 0.648. The Labute approximate surface area is 99.9 Å². The first-order valence-electron chi connectivity index (χ1n) is 5.30. The van der Waals surface area contributed by atoms with Crippen molar-refractivity contribution in [2.75, 3.05) is 5.73 Å². The molecule has 4 heteroatoms. The van der Waals surface area contributed by atoms with Gasteiger partial charge in [-0.15, -0.1) is 0 Å². The van der Waals surface area contributed by atoms with Gasteiger partial charge in [0.2, 0.25) is 0 Å². The summed E-state index contributed by atoms with van der Waals surface area (Å²) in [4.78, 5) is 4.31. The van der Waals surface area contributed by atoms with E-state index in [4.69, 9.17) is 17.3 Å². The second-order valence-electron chi connectivity index (χ2n) is 3.64. The van der Waals surface area contributed by atoms with Gasteiger partial charge in [-0.3, -0.25) is 0 Å². The van der Waals surface area contributed by atoms with Crippen molar-refractivity contribution in [1.29, 1.82) is 0 Å². The van der Waals surface area contributed by atoms with Crippen LogP contribution in [0.2, 0.25) is 5.02 Å². The van der Waals surface area contributed by atoms with E-state index in [9.17, 15) is 0 Å². The Balaban J connectivity index is 2.54. The minimum absolute atomic E-state index is 0.648. The number of benzene rings is 1. The first-order chi connectivity index (χ1) is 7.74. The molecule has 0 saturated carbocycles. The molecule has 0 amide bonds. The lowest BCUT2D eigenvalue weighted by atomic mass is 10.2. The molecule has 1 aromatic carbocycles. The lowest BCUT2D eigenvalue weighted by Gasteiger charge is -2.11. The SMILES string of the molecule is CCCc1nccn1-c1c(N)cccc1Cl. The summed E-state index contributed by atoms with van der Waals surface area (Å²) in [6.45, 7) is 2.12. The molecule has 84 valence electrons. The second kappa shape index (κ2) is 4.58. The highest BCUT2D eigenvalue weighted by Crippen LogP contribution is 2.27. The van der Waals surface area contributed by atoms with Crippen LogP contribution >= 0.6 is 11.6 Å². The molecular formula is C12H14ClN3. The number of para-hydroxylation sites is 1. The fourth-order valence-corrected chi connectivity index (χ4v) is 2.01. The Morgan fingerprint density at radius 2 is 2.25 bits per heavy atom. The zero-order chi connectivity index (χ0) is 11.5. The van der Waals surface area contributed by atoms with Gasteiger partial charge in [0.25, 0.3) is 0 Å². The second-order valence-corrected chi connectivity index (χ2v) is 4.05. The zero-order valence-corrected chi connectivity index (χ0v) is 9.91. The monoisotopic (exact) mass is 235 g/mol. The molecule has 0 fully saturated rings. The normalized spacial score (nSPS) is 10.6. The summed E-state index contributed by atoms with van der Waals surface area (Å²) < 4.78 is 1.96. The average Bonchev–Trinajstić information content (AvgIpc) is 2.67. The molecule has 16 heavy (non-hydrogen) atoms. The summed E-state index contributed by atoms with van der Waals surface area (Å²) in [6.07, 6.45) is 5.62. The number of imidazole rings is 1. The van der Waals surface area contributed by atoms with E-state index in [2.05, 4.69) is 11.9 Å². The molecule has 2 aromatic rings. The molecule has 2 rings (SSSR count). The molecule has 0 aliphatic rings. The fraction of sp³-hybridized carbons (Fsp3) is 0.250. The predicted octanol–water partition coefficient (Wildman–Crippen LogP) is 3.06. The van der Waals surface area contributed by atoms with Crippen molar-refractivity contribution in [2.45, 2.75) is 19.8 Å². The molecule has 0 radical (unpaired) electrons. The number of rotatable bonds is 3. The van der Waals surface area contributed by atoms with Gasteiger partial charge in [0.15, 0.2) is 0 Å². The first kappa shape index (κ1) is 11.0. The minimum atomic E-state index is 0.648. The van der Waals surface area contributed by atoms with Gasteiger partial charge in [-0.25, -0.2) is 4.98 Å². The molecule has 0 unspecified atom stereocenters.